The minimum absolute atomic E-state index is 0. The van der Waals surface area contributed by atoms with E-state index in [1.165, 1.54) is 4.90 Å². The summed E-state index contributed by atoms with van der Waals surface area (Å²) in [5.41, 5.74) is 0. The Morgan fingerprint density at radius 3 is 2.07 bits per heavy atom. The second-order valence-electron chi connectivity index (χ2n) is 3.38. The number of amides is 2. The van der Waals surface area contributed by atoms with Gasteiger partial charge < -0.3 is 15.1 Å². The zero-order chi connectivity index (χ0) is 11.1. The van der Waals surface area contributed by atoms with Gasteiger partial charge in [-0.3, -0.25) is 9.59 Å². The van der Waals surface area contributed by atoms with E-state index in [1.54, 1.807) is 33.1 Å². The first-order chi connectivity index (χ1) is 6.49. The molecule has 1 N–H and O–H groups in total. The second-order valence-corrected chi connectivity index (χ2v) is 3.38. The van der Waals surface area contributed by atoms with E-state index in [-0.39, 0.29) is 24.2 Å². The summed E-state index contributed by atoms with van der Waals surface area (Å²) in [5.74, 6) is 0.0353. The molecule has 0 bridgehead atoms. The summed E-state index contributed by atoms with van der Waals surface area (Å²) in [6.45, 7) is 0.782. The highest BCUT2D eigenvalue weighted by atomic mass is 35.5. The van der Waals surface area contributed by atoms with Gasteiger partial charge in [0.2, 0.25) is 11.8 Å². The van der Waals surface area contributed by atoms with E-state index in [1.807, 2.05) is 0 Å². The van der Waals surface area contributed by atoms with Gasteiger partial charge in [-0.05, 0) is 7.05 Å². The second kappa shape index (κ2) is 8.49. The van der Waals surface area contributed by atoms with Crippen molar-refractivity contribution in [3.63, 3.8) is 0 Å². The molecule has 0 aliphatic carbocycles. The molecule has 0 fully saturated rings. The molecule has 5 nitrogen and oxygen atoms in total. The van der Waals surface area contributed by atoms with Crippen LogP contribution < -0.4 is 5.32 Å². The Hall–Kier alpha value is -0.810. The van der Waals surface area contributed by atoms with Crippen molar-refractivity contribution < 1.29 is 9.59 Å². The summed E-state index contributed by atoms with van der Waals surface area (Å²) < 4.78 is 0. The predicted octanol–water partition coefficient (Wildman–Crippen LogP) is -0.436. The van der Waals surface area contributed by atoms with Crippen LogP contribution in [0.25, 0.3) is 0 Å². The number of rotatable bonds is 5. The van der Waals surface area contributed by atoms with Crippen LogP contribution in [-0.4, -0.2) is 62.9 Å². The van der Waals surface area contributed by atoms with Gasteiger partial charge in [0.15, 0.2) is 0 Å². The number of nitrogens with zero attached hydrogens (tertiary/aromatic N) is 2. The number of nitrogens with one attached hydrogen (secondary N) is 1. The number of hydrogen-bond donors (Lipinski definition) is 1. The first-order valence-electron chi connectivity index (χ1n) is 4.57. The van der Waals surface area contributed by atoms with Crippen molar-refractivity contribution in [2.45, 2.75) is 6.42 Å². The van der Waals surface area contributed by atoms with Crippen LogP contribution in [0.3, 0.4) is 0 Å². The minimum atomic E-state index is -0.000874. The molecule has 0 aromatic heterocycles. The molecule has 0 saturated heterocycles. The van der Waals surface area contributed by atoms with Crippen LogP contribution in [0, 0.1) is 0 Å². The highest BCUT2D eigenvalue weighted by Gasteiger charge is 2.10. The first kappa shape index (κ1) is 16.6. The Morgan fingerprint density at radius 2 is 1.67 bits per heavy atom. The van der Waals surface area contributed by atoms with E-state index in [2.05, 4.69) is 5.32 Å². The first-order valence-corrected chi connectivity index (χ1v) is 4.57. The zero-order valence-electron chi connectivity index (χ0n) is 9.74. The summed E-state index contributed by atoms with van der Waals surface area (Å²) >= 11 is 0. The molecule has 0 aliphatic heterocycles. The maximum atomic E-state index is 11.3. The van der Waals surface area contributed by atoms with E-state index in [0.29, 0.717) is 19.5 Å². The van der Waals surface area contributed by atoms with Gasteiger partial charge in [-0.15, -0.1) is 12.4 Å². The quantitative estimate of drug-likeness (QED) is 0.706. The molecule has 0 unspecified atom stereocenters. The van der Waals surface area contributed by atoms with Crippen LogP contribution in [0.1, 0.15) is 6.42 Å². The maximum Gasteiger partial charge on any atom is 0.236 e. The van der Waals surface area contributed by atoms with E-state index in [0.717, 1.165) is 0 Å². The lowest BCUT2D eigenvalue weighted by molar-refractivity contribution is -0.131. The van der Waals surface area contributed by atoms with Crippen molar-refractivity contribution in [2.24, 2.45) is 0 Å². The fraction of sp³-hybridized carbons (Fsp3) is 0.778. The third-order valence-electron chi connectivity index (χ3n) is 1.91. The number of carbonyl (C=O) groups is 2. The van der Waals surface area contributed by atoms with Crippen molar-refractivity contribution in [3.05, 3.63) is 0 Å². The zero-order valence-corrected chi connectivity index (χ0v) is 10.6. The lowest BCUT2D eigenvalue weighted by Gasteiger charge is -2.18. The molecule has 0 heterocycles. The molecule has 15 heavy (non-hydrogen) atoms. The van der Waals surface area contributed by atoms with Crippen LogP contribution in [0.2, 0.25) is 0 Å². The lowest BCUT2D eigenvalue weighted by atomic mass is 10.3. The number of carbonyl (C=O) groups excluding carboxylic acids is 2. The smallest absolute Gasteiger partial charge is 0.236 e. The van der Waals surface area contributed by atoms with Gasteiger partial charge in [0.1, 0.15) is 0 Å². The summed E-state index contributed by atoms with van der Waals surface area (Å²) in [6, 6.07) is 0. The number of halogens is 1. The normalized spacial score (nSPS) is 9.07. The molecule has 90 valence electrons. The average molecular weight is 238 g/mol. The Bertz CT molecular complexity index is 210. The maximum absolute atomic E-state index is 11.3. The fourth-order valence-corrected chi connectivity index (χ4v) is 0.898. The van der Waals surface area contributed by atoms with Gasteiger partial charge in [0, 0.05) is 34.1 Å². The average Bonchev–Trinajstić information content (AvgIpc) is 2.13. The Labute approximate surface area is 97.2 Å². The standard InChI is InChI=1S/C9H19N3O2.ClH/c1-10-7-9(14)12(4)6-5-8(13)11(2)3;/h10H,5-7H2,1-4H3;1H. The molecular weight excluding hydrogens is 218 g/mol. The van der Waals surface area contributed by atoms with Crippen molar-refractivity contribution in [2.75, 3.05) is 41.3 Å². The van der Waals surface area contributed by atoms with Crippen molar-refractivity contribution >= 4 is 24.2 Å². The summed E-state index contributed by atoms with van der Waals surface area (Å²) in [7, 11) is 6.83. The van der Waals surface area contributed by atoms with Crippen LogP contribution in [0.5, 0.6) is 0 Å². The molecular formula is C9H20ClN3O2. The van der Waals surface area contributed by atoms with Crippen LogP contribution >= 0.6 is 12.4 Å². The fourth-order valence-electron chi connectivity index (χ4n) is 0.898. The van der Waals surface area contributed by atoms with Gasteiger partial charge in [-0.1, -0.05) is 0 Å². The van der Waals surface area contributed by atoms with Crippen molar-refractivity contribution in [1.82, 2.24) is 15.1 Å². The van der Waals surface area contributed by atoms with E-state index < -0.39 is 0 Å². The molecule has 2 amide bonds. The largest absolute Gasteiger partial charge is 0.349 e. The lowest BCUT2D eigenvalue weighted by Crippen LogP contribution is -2.36. The molecule has 0 aromatic carbocycles. The molecule has 0 aromatic rings. The van der Waals surface area contributed by atoms with Gasteiger partial charge in [-0.25, -0.2) is 0 Å². The van der Waals surface area contributed by atoms with Gasteiger partial charge in [0.05, 0.1) is 6.54 Å². The highest BCUT2D eigenvalue weighted by molar-refractivity contribution is 5.85. The summed E-state index contributed by atoms with van der Waals surface area (Å²) in [5, 5.41) is 2.77. The van der Waals surface area contributed by atoms with E-state index >= 15 is 0 Å². The minimum Gasteiger partial charge on any atom is -0.349 e. The van der Waals surface area contributed by atoms with Crippen molar-refractivity contribution in [3.8, 4) is 0 Å². The summed E-state index contributed by atoms with van der Waals surface area (Å²) in [6.07, 6.45) is 0.374. The predicted molar refractivity (Wildman–Crippen MR) is 62.1 cm³/mol. The molecule has 0 radical (unpaired) electrons. The van der Waals surface area contributed by atoms with Gasteiger partial charge >= 0.3 is 0 Å². The molecule has 0 aliphatic rings. The molecule has 6 heteroatoms. The van der Waals surface area contributed by atoms with Gasteiger partial charge in [0.25, 0.3) is 0 Å². The number of hydrogen-bond acceptors (Lipinski definition) is 3. The van der Waals surface area contributed by atoms with E-state index in [4.69, 9.17) is 0 Å². The third-order valence-corrected chi connectivity index (χ3v) is 1.91. The SMILES string of the molecule is CNCC(=O)N(C)CCC(=O)N(C)C.Cl. The monoisotopic (exact) mass is 237 g/mol. The molecule has 0 rings (SSSR count). The Morgan fingerprint density at radius 1 is 1.13 bits per heavy atom. The van der Waals surface area contributed by atoms with Crippen molar-refractivity contribution in [1.29, 1.82) is 0 Å². The number of likely N-dealkylation sites (N-methyl/N-ethyl adjacent to an activating group) is 2. The van der Waals surface area contributed by atoms with Crippen LogP contribution in [0.4, 0.5) is 0 Å². The molecule has 0 atom stereocenters. The van der Waals surface area contributed by atoms with E-state index in [9.17, 15) is 9.59 Å². The third kappa shape index (κ3) is 7.16. The Kier molecular flexibility index (Phi) is 9.41. The molecule has 0 spiro atoms. The highest BCUT2D eigenvalue weighted by Crippen LogP contribution is 1.91. The Balaban J connectivity index is 0. The topological polar surface area (TPSA) is 52.7 Å². The molecule has 0 saturated carbocycles. The van der Waals surface area contributed by atoms with Crippen LogP contribution in [0.15, 0.2) is 0 Å². The summed E-state index contributed by atoms with van der Waals surface area (Å²) in [4.78, 5) is 25.5. The van der Waals surface area contributed by atoms with Gasteiger partial charge in [-0.2, -0.15) is 0 Å². The van der Waals surface area contributed by atoms with Crippen LogP contribution in [-0.2, 0) is 9.59 Å².